The van der Waals surface area contributed by atoms with Crippen LogP contribution in [-0.4, -0.2) is 36.5 Å². The van der Waals surface area contributed by atoms with Crippen LogP contribution in [0, 0.1) is 6.92 Å². The molecule has 0 radical (unpaired) electrons. The van der Waals surface area contributed by atoms with Gasteiger partial charge in [0, 0.05) is 18.1 Å². The van der Waals surface area contributed by atoms with Crippen LogP contribution >= 0.6 is 11.6 Å². The summed E-state index contributed by atoms with van der Waals surface area (Å²) >= 11 is 5.97. The maximum absolute atomic E-state index is 12.5. The zero-order valence-corrected chi connectivity index (χ0v) is 13.2. The normalized spacial score (nSPS) is 13.0. The van der Waals surface area contributed by atoms with E-state index in [0.717, 1.165) is 5.56 Å². The lowest BCUT2D eigenvalue weighted by atomic mass is 10.1. The van der Waals surface area contributed by atoms with E-state index in [1.807, 2.05) is 6.92 Å². The molecule has 1 aromatic rings. The molecular weight excluding hydrogens is 286 g/mol. The third kappa shape index (κ3) is 4.18. The number of hydrogen-bond donors (Lipinski definition) is 1. The standard InChI is InChI=1S/C13H20ClNO3S/c1-5-15(9-13(3,4)16)19(17,18)11-7-6-10(2)12(14)8-11/h6-8,16H,5,9H2,1-4H3. The van der Waals surface area contributed by atoms with E-state index in [9.17, 15) is 13.5 Å². The Hall–Kier alpha value is -0.620. The van der Waals surface area contributed by atoms with Gasteiger partial charge in [0.1, 0.15) is 0 Å². The molecule has 0 atom stereocenters. The van der Waals surface area contributed by atoms with Gasteiger partial charge >= 0.3 is 0 Å². The second-order valence-electron chi connectivity index (χ2n) is 5.15. The molecule has 6 heteroatoms. The van der Waals surface area contributed by atoms with Crippen LogP contribution in [0.3, 0.4) is 0 Å². The monoisotopic (exact) mass is 305 g/mol. The van der Waals surface area contributed by atoms with Crippen molar-refractivity contribution in [2.75, 3.05) is 13.1 Å². The second-order valence-corrected chi connectivity index (χ2v) is 7.50. The SMILES string of the molecule is CCN(CC(C)(C)O)S(=O)(=O)c1ccc(C)c(Cl)c1. The Balaban J connectivity index is 3.17. The average molecular weight is 306 g/mol. The maximum Gasteiger partial charge on any atom is 0.243 e. The predicted molar refractivity (Wildman–Crippen MR) is 76.9 cm³/mol. The molecule has 1 N–H and O–H groups in total. The van der Waals surface area contributed by atoms with E-state index in [2.05, 4.69) is 0 Å². The van der Waals surface area contributed by atoms with Gasteiger partial charge in [-0.1, -0.05) is 24.6 Å². The molecular formula is C13H20ClNO3S. The highest BCUT2D eigenvalue weighted by atomic mass is 35.5. The first kappa shape index (κ1) is 16.4. The third-order valence-corrected chi connectivity index (χ3v) is 5.02. The minimum absolute atomic E-state index is 0.0390. The van der Waals surface area contributed by atoms with Crippen molar-refractivity contribution in [2.24, 2.45) is 0 Å². The lowest BCUT2D eigenvalue weighted by Gasteiger charge is -2.27. The largest absolute Gasteiger partial charge is 0.389 e. The molecule has 0 fully saturated rings. The molecule has 0 amide bonds. The Kier molecular flexibility index (Phi) is 5.01. The second kappa shape index (κ2) is 5.79. The van der Waals surface area contributed by atoms with Gasteiger partial charge in [-0.05, 0) is 38.5 Å². The zero-order valence-electron chi connectivity index (χ0n) is 11.6. The number of rotatable bonds is 5. The van der Waals surface area contributed by atoms with Gasteiger partial charge in [0.05, 0.1) is 10.5 Å². The fraction of sp³-hybridized carbons (Fsp3) is 0.538. The van der Waals surface area contributed by atoms with Crippen LogP contribution in [0.15, 0.2) is 23.1 Å². The van der Waals surface area contributed by atoms with E-state index in [1.165, 1.54) is 16.4 Å². The molecule has 0 saturated carbocycles. The number of likely N-dealkylation sites (N-methyl/N-ethyl adjacent to an activating group) is 1. The van der Waals surface area contributed by atoms with E-state index in [1.54, 1.807) is 26.8 Å². The van der Waals surface area contributed by atoms with Crippen LogP contribution in [0.5, 0.6) is 0 Å². The first-order chi connectivity index (χ1) is 8.58. The maximum atomic E-state index is 12.5. The molecule has 0 bridgehead atoms. The van der Waals surface area contributed by atoms with Crippen molar-refractivity contribution in [3.8, 4) is 0 Å². The van der Waals surface area contributed by atoms with Crippen molar-refractivity contribution in [1.29, 1.82) is 0 Å². The fourth-order valence-electron chi connectivity index (χ4n) is 1.68. The number of aryl methyl sites for hydroxylation is 1. The van der Waals surface area contributed by atoms with Crippen molar-refractivity contribution in [2.45, 2.75) is 38.2 Å². The number of halogens is 1. The van der Waals surface area contributed by atoms with Crippen LogP contribution in [0.1, 0.15) is 26.3 Å². The number of aliphatic hydroxyl groups is 1. The number of hydrogen-bond acceptors (Lipinski definition) is 3. The molecule has 0 heterocycles. The predicted octanol–water partition coefficient (Wildman–Crippen LogP) is 2.43. The molecule has 4 nitrogen and oxygen atoms in total. The minimum atomic E-state index is -3.63. The Morgan fingerprint density at radius 3 is 2.37 bits per heavy atom. The Morgan fingerprint density at radius 2 is 1.95 bits per heavy atom. The molecule has 19 heavy (non-hydrogen) atoms. The van der Waals surface area contributed by atoms with Crippen LogP contribution in [0.25, 0.3) is 0 Å². The van der Waals surface area contributed by atoms with Gasteiger partial charge in [-0.2, -0.15) is 4.31 Å². The summed E-state index contributed by atoms with van der Waals surface area (Å²) in [5, 5.41) is 10.2. The topological polar surface area (TPSA) is 57.6 Å². The minimum Gasteiger partial charge on any atom is -0.389 e. The lowest BCUT2D eigenvalue weighted by molar-refractivity contribution is 0.0601. The van der Waals surface area contributed by atoms with Crippen molar-refractivity contribution in [1.82, 2.24) is 4.31 Å². The highest BCUT2D eigenvalue weighted by molar-refractivity contribution is 7.89. The van der Waals surface area contributed by atoms with Crippen LogP contribution in [0.4, 0.5) is 0 Å². The summed E-state index contributed by atoms with van der Waals surface area (Å²) in [5.41, 5.74) is -0.261. The summed E-state index contributed by atoms with van der Waals surface area (Å²) in [4.78, 5) is 0.147. The summed E-state index contributed by atoms with van der Waals surface area (Å²) in [6.45, 7) is 7.03. The van der Waals surface area contributed by atoms with Crippen molar-refractivity contribution < 1.29 is 13.5 Å². The Labute approximate surface area is 120 Å². The van der Waals surface area contributed by atoms with Gasteiger partial charge in [-0.25, -0.2) is 8.42 Å². The van der Waals surface area contributed by atoms with Crippen LogP contribution in [0.2, 0.25) is 5.02 Å². The van der Waals surface area contributed by atoms with E-state index in [4.69, 9.17) is 11.6 Å². The molecule has 0 aromatic heterocycles. The van der Waals surface area contributed by atoms with E-state index in [0.29, 0.717) is 5.02 Å². The third-order valence-electron chi connectivity index (χ3n) is 2.70. The molecule has 108 valence electrons. The Bertz CT molecular complexity index is 549. The van der Waals surface area contributed by atoms with E-state index >= 15 is 0 Å². The number of benzene rings is 1. The summed E-state index contributed by atoms with van der Waals surface area (Å²) < 4.78 is 26.2. The van der Waals surface area contributed by atoms with Gasteiger partial charge in [-0.3, -0.25) is 0 Å². The fourth-order valence-corrected chi connectivity index (χ4v) is 3.56. The number of sulfonamides is 1. The van der Waals surface area contributed by atoms with Crippen LogP contribution in [-0.2, 0) is 10.0 Å². The first-order valence-corrected chi connectivity index (χ1v) is 7.88. The molecule has 0 aliphatic carbocycles. The van der Waals surface area contributed by atoms with Gasteiger partial charge in [0.15, 0.2) is 0 Å². The smallest absolute Gasteiger partial charge is 0.243 e. The summed E-state index contributed by atoms with van der Waals surface area (Å²) in [6, 6.07) is 4.65. The molecule has 1 rings (SSSR count). The molecule has 0 aliphatic rings. The summed E-state index contributed by atoms with van der Waals surface area (Å²) in [7, 11) is -3.63. The summed E-state index contributed by atoms with van der Waals surface area (Å²) in [5.74, 6) is 0. The number of nitrogens with zero attached hydrogens (tertiary/aromatic N) is 1. The lowest BCUT2D eigenvalue weighted by Crippen LogP contribution is -2.42. The molecule has 0 saturated heterocycles. The van der Waals surface area contributed by atoms with Crippen molar-refractivity contribution in [3.63, 3.8) is 0 Å². The highest BCUT2D eigenvalue weighted by Crippen LogP contribution is 2.23. The highest BCUT2D eigenvalue weighted by Gasteiger charge is 2.28. The molecule has 0 aliphatic heterocycles. The van der Waals surface area contributed by atoms with Gasteiger partial charge < -0.3 is 5.11 Å². The summed E-state index contributed by atoms with van der Waals surface area (Å²) in [6.07, 6.45) is 0. The van der Waals surface area contributed by atoms with E-state index < -0.39 is 15.6 Å². The molecule has 0 unspecified atom stereocenters. The van der Waals surface area contributed by atoms with Gasteiger partial charge in [-0.15, -0.1) is 0 Å². The van der Waals surface area contributed by atoms with Crippen molar-refractivity contribution in [3.05, 3.63) is 28.8 Å². The van der Waals surface area contributed by atoms with Crippen LogP contribution < -0.4 is 0 Å². The average Bonchev–Trinajstić information content (AvgIpc) is 2.28. The van der Waals surface area contributed by atoms with Gasteiger partial charge in [0.25, 0.3) is 0 Å². The van der Waals surface area contributed by atoms with E-state index in [-0.39, 0.29) is 18.0 Å². The molecule has 1 aromatic carbocycles. The quantitative estimate of drug-likeness (QED) is 0.909. The van der Waals surface area contributed by atoms with Gasteiger partial charge in [0.2, 0.25) is 10.0 Å². The first-order valence-electron chi connectivity index (χ1n) is 6.06. The Morgan fingerprint density at radius 1 is 1.37 bits per heavy atom. The molecule has 0 spiro atoms. The van der Waals surface area contributed by atoms with Crippen molar-refractivity contribution >= 4 is 21.6 Å². The zero-order chi connectivity index (χ0) is 14.8.